The first-order valence-electron chi connectivity index (χ1n) is 12.7. The number of benzene rings is 4. The van der Waals surface area contributed by atoms with Gasteiger partial charge in [-0.15, -0.1) is 0 Å². The quantitative estimate of drug-likeness (QED) is 0.295. The van der Waals surface area contributed by atoms with Gasteiger partial charge in [0.1, 0.15) is 0 Å². The first kappa shape index (κ1) is 26.9. The van der Waals surface area contributed by atoms with E-state index in [1.165, 1.54) is 60.8 Å². The number of fused-ring (bicyclic) bond motifs is 3. The van der Waals surface area contributed by atoms with Gasteiger partial charge in [0.05, 0.1) is 0 Å². The van der Waals surface area contributed by atoms with Crippen LogP contribution in [0.2, 0.25) is 0 Å². The molecule has 5 aromatic rings. The molecule has 0 radical (unpaired) electrons. The van der Waals surface area contributed by atoms with Crippen molar-refractivity contribution in [2.75, 3.05) is 0 Å². The second-order valence-corrected chi connectivity index (χ2v) is 13.6. The van der Waals surface area contributed by atoms with E-state index >= 15 is 0 Å². The van der Waals surface area contributed by atoms with E-state index in [1.807, 2.05) is 0 Å². The smallest absolute Gasteiger partial charge is 1.00 e. The minimum Gasteiger partial charge on any atom is -1.00 e. The van der Waals surface area contributed by atoms with Crippen molar-refractivity contribution in [2.45, 2.75) is 23.9 Å². The van der Waals surface area contributed by atoms with Crippen LogP contribution in [0.1, 0.15) is 39.2 Å². The summed E-state index contributed by atoms with van der Waals surface area (Å²) in [5.74, 6) is 0. The minimum absolute atomic E-state index is 0. The average molecular weight is 612 g/mol. The third-order valence-corrected chi connectivity index (χ3v) is 12.2. The maximum atomic E-state index is 2.50. The van der Waals surface area contributed by atoms with Crippen LogP contribution in [-0.4, -0.2) is 4.57 Å². The molecule has 7 rings (SSSR count). The van der Waals surface area contributed by atoms with E-state index in [0.717, 1.165) is 6.42 Å². The van der Waals surface area contributed by atoms with Crippen LogP contribution in [-0.2, 0) is 23.2 Å². The number of halogens is 2. The van der Waals surface area contributed by atoms with Gasteiger partial charge in [0.15, 0.2) is 0 Å². The summed E-state index contributed by atoms with van der Waals surface area (Å²) in [4.78, 5) is 0. The van der Waals surface area contributed by atoms with E-state index in [2.05, 4.69) is 128 Å². The Bertz CT molecular complexity index is 1770. The molecule has 1 nitrogen and oxygen atoms in total. The van der Waals surface area contributed by atoms with Gasteiger partial charge in [-0.2, -0.15) is 0 Å². The first-order chi connectivity index (χ1) is 17.7. The van der Waals surface area contributed by atoms with Crippen molar-refractivity contribution in [3.8, 4) is 5.69 Å². The van der Waals surface area contributed by atoms with Gasteiger partial charge in [0, 0.05) is 0 Å². The average Bonchev–Trinajstić information content (AvgIpc) is 3.61. The first-order valence-corrected chi connectivity index (χ1v) is 15.4. The number of allylic oxidation sites excluding steroid dienone is 5. The molecule has 0 bridgehead atoms. The van der Waals surface area contributed by atoms with Crippen LogP contribution in [0.25, 0.3) is 39.0 Å². The molecule has 1 aromatic heterocycles. The van der Waals surface area contributed by atoms with Crippen LogP contribution in [0.15, 0.2) is 112 Å². The Kier molecular flexibility index (Phi) is 7.70. The SMILES string of the molecule is CC1=[C]([Zr+2][CH]2C(c3cc(C)cc4ccccc34)=Cc3ccc(-n4ccc5ccccc54)cc32)CC=C1.[Cl-].[Cl-]. The maximum Gasteiger partial charge on any atom is -1.00 e. The molecule has 4 aromatic carbocycles. The van der Waals surface area contributed by atoms with Crippen molar-refractivity contribution < 1.29 is 48.0 Å². The molecular formula is C34H27Cl2NZr. The van der Waals surface area contributed by atoms with Crippen molar-refractivity contribution in [3.63, 3.8) is 0 Å². The van der Waals surface area contributed by atoms with E-state index in [1.54, 1.807) is 3.28 Å². The van der Waals surface area contributed by atoms with Crippen LogP contribution in [0, 0.1) is 6.92 Å². The van der Waals surface area contributed by atoms with Gasteiger partial charge in [-0.1, -0.05) is 0 Å². The van der Waals surface area contributed by atoms with E-state index in [4.69, 9.17) is 0 Å². The number of rotatable bonds is 4. The Labute approximate surface area is 248 Å². The Morgan fingerprint density at radius 1 is 0.816 bits per heavy atom. The number of para-hydroxylation sites is 1. The third-order valence-electron chi connectivity index (χ3n) is 7.68. The predicted molar refractivity (Wildman–Crippen MR) is 149 cm³/mol. The standard InChI is InChI=1S/C28H20N.C6H7.2ClH.Zr/c1-19-14-22-7-2-4-8-26(22)27(15-19)24-16-21-10-11-25(18-23(21)17-24)29-13-12-20-6-3-5-9-28(20)29;1-6-4-2-3-5-6;;;/h2-18H,1H3;2,4H,3H2,1H3;2*1H;/q;;;;+2/p-2. The number of hydrogen-bond acceptors (Lipinski definition) is 0. The molecule has 0 amide bonds. The monoisotopic (exact) mass is 609 g/mol. The van der Waals surface area contributed by atoms with Crippen molar-refractivity contribution in [3.05, 3.63) is 134 Å². The van der Waals surface area contributed by atoms with E-state index in [9.17, 15) is 0 Å². The summed E-state index contributed by atoms with van der Waals surface area (Å²) >= 11 is -0.907. The Hall–Kier alpha value is -2.64. The third kappa shape index (κ3) is 4.58. The predicted octanol–water partition coefficient (Wildman–Crippen LogP) is 3.01. The Balaban J connectivity index is 0.00000147. The molecular weight excluding hydrogens is 585 g/mol. The van der Waals surface area contributed by atoms with Gasteiger partial charge >= 0.3 is 225 Å². The maximum absolute atomic E-state index is 2.50. The van der Waals surface area contributed by atoms with Crippen LogP contribution >= 0.6 is 0 Å². The largest absolute Gasteiger partial charge is 1.00 e. The van der Waals surface area contributed by atoms with Gasteiger partial charge in [0.25, 0.3) is 0 Å². The fourth-order valence-corrected chi connectivity index (χ4v) is 10.0. The topological polar surface area (TPSA) is 4.93 Å². The fourth-order valence-electron chi connectivity index (χ4n) is 5.87. The zero-order valence-electron chi connectivity index (χ0n) is 21.4. The molecule has 2 aliphatic carbocycles. The summed E-state index contributed by atoms with van der Waals surface area (Å²) in [5.41, 5.74) is 11.2. The summed E-state index contributed by atoms with van der Waals surface area (Å²) in [6.45, 7) is 4.54. The molecule has 1 heterocycles. The molecule has 2 aliphatic rings. The van der Waals surface area contributed by atoms with Gasteiger partial charge in [-0.05, 0) is 0 Å². The molecule has 186 valence electrons. The number of aryl methyl sites for hydroxylation is 1. The van der Waals surface area contributed by atoms with Crippen LogP contribution in [0.4, 0.5) is 0 Å². The summed E-state index contributed by atoms with van der Waals surface area (Å²) in [5, 5.41) is 4.00. The van der Waals surface area contributed by atoms with Gasteiger partial charge in [-0.25, -0.2) is 0 Å². The second kappa shape index (κ2) is 10.9. The van der Waals surface area contributed by atoms with E-state index in [0.29, 0.717) is 3.63 Å². The molecule has 0 aliphatic heterocycles. The number of nitrogens with zero attached hydrogens (tertiary/aromatic N) is 1. The molecule has 4 heteroatoms. The van der Waals surface area contributed by atoms with Crippen molar-refractivity contribution in [2.24, 2.45) is 0 Å². The molecule has 0 spiro atoms. The normalized spacial score (nSPS) is 15.7. The van der Waals surface area contributed by atoms with E-state index in [-0.39, 0.29) is 24.8 Å². The van der Waals surface area contributed by atoms with Gasteiger partial charge < -0.3 is 24.8 Å². The minimum atomic E-state index is -0.907. The molecule has 0 saturated heterocycles. The molecule has 0 fully saturated rings. The fraction of sp³-hybridized carbons (Fsp3) is 0.118. The van der Waals surface area contributed by atoms with E-state index < -0.39 is 23.2 Å². The molecule has 1 atom stereocenters. The van der Waals surface area contributed by atoms with Gasteiger partial charge in [0.2, 0.25) is 0 Å². The van der Waals surface area contributed by atoms with Crippen LogP contribution < -0.4 is 24.8 Å². The number of aromatic nitrogens is 1. The van der Waals surface area contributed by atoms with Crippen LogP contribution in [0.5, 0.6) is 0 Å². The Morgan fingerprint density at radius 3 is 2.42 bits per heavy atom. The van der Waals surface area contributed by atoms with Crippen molar-refractivity contribution in [1.82, 2.24) is 4.57 Å². The molecule has 0 saturated carbocycles. The summed E-state index contributed by atoms with van der Waals surface area (Å²) in [6, 6.07) is 31.6. The van der Waals surface area contributed by atoms with Crippen LogP contribution in [0.3, 0.4) is 0 Å². The zero-order chi connectivity index (χ0) is 24.2. The van der Waals surface area contributed by atoms with Gasteiger partial charge in [-0.3, -0.25) is 0 Å². The van der Waals surface area contributed by atoms with Crippen molar-refractivity contribution in [1.29, 1.82) is 0 Å². The molecule has 0 N–H and O–H groups in total. The summed E-state index contributed by atoms with van der Waals surface area (Å²) < 4.78 is 4.59. The molecule has 38 heavy (non-hydrogen) atoms. The molecule has 1 unspecified atom stereocenters. The zero-order valence-corrected chi connectivity index (χ0v) is 25.3. The van der Waals surface area contributed by atoms with Crippen molar-refractivity contribution >= 4 is 33.3 Å². The Morgan fingerprint density at radius 2 is 1.61 bits per heavy atom. The number of hydrogen-bond donors (Lipinski definition) is 0. The summed E-state index contributed by atoms with van der Waals surface area (Å²) in [6.07, 6.45) is 10.5. The second-order valence-electron chi connectivity index (χ2n) is 10.0. The summed E-state index contributed by atoms with van der Waals surface area (Å²) in [7, 11) is 0.